The van der Waals surface area contributed by atoms with Crippen LogP contribution in [-0.4, -0.2) is 56.0 Å². The van der Waals surface area contributed by atoms with E-state index in [2.05, 4.69) is 12.2 Å². The molecule has 1 aliphatic rings. The number of nitrogens with one attached hydrogen (secondary N) is 1. The van der Waals surface area contributed by atoms with Crippen LogP contribution in [0.3, 0.4) is 0 Å². The van der Waals surface area contributed by atoms with Crippen LogP contribution >= 0.6 is 0 Å². The molecule has 1 saturated heterocycles. The van der Waals surface area contributed by atoms with Gasteiger partial charge in [0.1, 0.15) is 5.60 Å². The van der Waals surface area contributed by atoms with Crippen LogP contribution in [0.1, 0.15) is 40.5 Å². The van der Waals surface area contributed by atoms with Crippen LogP contribution < -0.4 is 5.32 Å². The van der Waals surface area contributed by atoms with Crippen LogP contribution in [0.25, 0.3) is 0 Å². The lowest BCUT2D eigenvalue weighted by atomic mass is 10.1. The quantitative estimate of drug-likeness (QED) is 0.813. The maximum absolute atomic E-state index is 12.0. The molecule has 0 radical (unpaired) electrons. The van der Waals surface area contributed by atoms with Crippen molar-refractivity contribution in [2.24, 2.45) is 5.92 Å². The minimum atomic E-state index is -0.417. The first-order chi connectivity index (χ1) is 9.35. The van der Waals surface area contributed by atoms with Gasteiger partial charge in [0.05, 0.1) is 6.61 Å². The molecule has 1 heterocycles. The molecule has 1 N–H and O–H groups in total. The van der Waals surface area contributed by atoms with Gasteiger partial charge < -0.3 is 19.7 Å². The Morgan fingerprint density at radius 3 is 2.70 bits per heavy atom. The Labute approximate surface area is 123 Å². The Morgan fingerprint density at radius 2 is 2.15 bits per heavy atom. The van der Waals surface area contributed by atoms with Gasteiger partial charge >= 0.3 is 6.09 Å². The summed E-state index contributed by atoms with van der Waals surface area (Å²) >= 11 is 0. The molecule has 1 fully saturated rings. The van der Waals surface area contributed by atoms with Gasteiger partial charge in [0, 0.05) is 32.8 Å². The number of hydrogen-bond acceptors (Lipinski definition) is 4. The van der Waals surface area contributed by atoms with Gasteiger partial charge in [0.2, 0.25) is 0 Å². The first-order valence-electron chi connectivity index (χ1n) is 7.56. The van der Waals surface area contributed by atoms with E-state index in [4.69, 9.17) is 9.47 Å². The van der Waals surface area contributed by atoms with Gasteiger partial charge in [-0.1, -0.05) is 6.92 Å². The molecule has 5 heteroatoms. The summed E-state index contributed by atoms with van der Waals surface area (Å²) in [7, 11) is 1.73. The molecular formula is C15H30N2O3. The van der Waals surface area contributed by atoms with Crippen LogP contribution in [0.2, 0.25) is 0 Å². The molecule has 0 aromatic heterocycles. The van der Waals surface area contributed by atoms with E-state index in [1.54, 1.807) is 7.11 Å². The minimum absolute atomic E-state index is 0.191. The molecule has 1 rings (SSSR count). The van der Waals surface area contributed by atoms with Gasteiger partial charge in [-0.15, -0.1) is 0 Å². The maximum atomic E-state index is 12.0. The standard InChI is InChI=1S/C15H30N2O3/c1-6-13(11-19-5)16-9-12-7-8-17(10-12)14(18)20-15(2,3)4/h12-13,16H,6-11H2,1-5H3. The molecule has 1 aliphatic heterocycles. The monoisotopic (exact) mass is 286 g/mol. The zero-order chi connectivity index (χ0) is 15.2. The van der Waals surface area contributed by atoms with E-state index in [9.17, 15) is 4.79 Å². The summed E-state index contributed by atoms with van der Waals surface area (Å²) in [5.74, 6) is 0.508. The third-order valence-corrected chi connectivity index (χ3v) is 3.49. The summed E-state index contributed by atoms with van der Waals surface area (Å²) in [5.41, 5.74) is -0.417. The molecule has 0 bridgehead atoms. The number of ether oxygens (including phenoxy) is 2. The van der Waals surface area contributed by atoms with Crippen molar-refractivity contribution in [1.29, 1.82) is 0 Å². The van der Waals surface area contributed by atoms with Crippen LogP contribution in [0.15, 0.2) is 0 Å². The van der Waals surface area contributed by atoms with Crippen molar-refractivity contribution in [1.82, 2.24) is 10.2 Å². The number of amides is 1. The molecule has 20 heavy (non-hydrogen) atoms. The minimum Gasteiger partial charge on any atom is -0.444 e. The van der Waals surface area contributed by atoms with Crippen molar-refractivity contribution in [3.63, 3.8) is 0 Å². The van der Waals surface area contributed by atoms with Gasteiger partial charge in [-0.3, -0.25) is 0 Å². The molecule has 0 spiro atoms. The van der Waals surface area contributed by atoms with Gasteiger partial charge in [-0.2, -0.15) is 0 Å². The average Bonchev–Trinajstić information content (AvgIpc) is 2.81. The molecule has 0 aromatic carbocycles. The first kappa shape index (κ1) is 17.2. The number of carbonyl (C=O) groups excluding carboxylic acids is 1. The van der Waals surface area contributed by atoms with Gasteiger partial charge in [0.15, 0.2) is 0 Å². The Bertz CT molecular complexity index is 302. The highest BCUT2D eigenvalue weighted by Gasteiger charge is 2.29. The van der Waals surface area contributed by atoms with E-state index in [1.807, 2.05) is 25.7 Å². The van der Waals surface area contributed by atoms with Crippen LogP contribution in [-0.2, 0) is 9.47 Å². The molecule has 5 nitrogen and oxygen atoms in total. The predicted molar refractivity (Wildman–Crippen MR) is 79.9 cm³/mol. The summed E-state index contributed by atoms with van der Waals surface area (Å²) < 4.78 is 10.6. The third kappa shape index (κ3) is 6.09. The number of hydrogen-bond donors (Lipinski definition) is 1. The topological polar surface area (TPSA) is 50.8 Å². The lowest BCUT2D eigenvalue weighted by molar-refractivity contribution is 0.0288. The molecule has 0 saturated carbocycles. The average molecular weight is 286 g/mol. The summed E-state index contributed by atoms with van der Waals surface area (Å²) in [4.78, 5) is 13.8. The van der Waals surface area contributed by atoms with Crippen LogP contribution in [0.4, 0.5) is 4.79 Å². The lowest BCUT2D eigenvalue weighted by Crippen LogP contribution is -2.38. The molecule has 118 valence electrons. The van der Waals surface area contributed by atoms with Crippen molar-refractivity contribution in [2.75, 3.05) is 33.4 Å². The fraction of sp³-hybridized carbons (Fsp3) is 0.933. The molecule has 0 aromatic rings. The second-order valence-electron chi connectivity index (χ2n) is 6.55. The molecular weight excluding hydrogens is 256 g/mol. The van der Waals surface area contributed by atoms with Gasteiger partial charge in [-0.25, -0.2) is 4.79 Å². The Balaban J connectivity index is 2.31. The maximum Gasteiger partial charge on any atom is 0.410 e. The van der Waals surface area contributed by atoms with E-state index >= 15 is 0 Å². The third-order valence-electron chi connectivity index (χ3n) is 3.49. The molecule has 2 unspecified atom stereocenters. The predicted octanol–water partition coefficient (Wildman–Crippen LogP) is 2.26. The van der Waals surface area contributed by atoms with E-state index in [0.29, 0.717) is 12.0 Å². The molecule has 1 amide bonds. The fourth-order valence-electron chi connectivity index (χ4n) is 2.35. The summed E-state index contributed by atoms with van der Waals surface area (Å²) in [6.45, 7) is 11.1. The highest BCUT2D eigenvalue weighted by atomic mass is 16.6. The van der Waals surface area contributed by atoms with Crippen molar-refractivity contribution in [2.45, 2.75) is 52.2 Å². The van der Waals surface area contributed by atoms with Gasteiger partial charge in [-0.05, 0) is 39.5 Å². The van der Waals surface area contributed by atoms with Crippen LogP contribution in [0, 0.1) is 5.92 Å². The summed E-state index contributed by atoms with van der Waals surface area (Å²) in [6.07, 6.45) is 1.90. The SMILES string of the molecule is CCC(COC)NCC1CCN(C(=O)OC(C)(C)C)C1. The Kier molecular flexibility index (Phi) is 6.76. The van der Waals surface area contributed by atoms with Crippen molar-refractivity contribution >= 4 is 6.09 Å². The normalized spacial score (nSPS) is 21.1. The smallest absolute Gasteiger partial charge is 0.410 e. The Morgan fingerprint density at radius 1 is 1.45 bits per heavy atom. The number of likely N-dealkylation sites (tertiary alicyclic amines) is 1. The highest BCUT2D eigenvalue weighted by molar-refractivity contribution is 5.68. The summed E-state index contributed by atoms with van der Waals surface area (Å²) in [6, 6.07) is 0.399. The largest absolute Gasteiger partial charge is 0.444 e. The number of rotatable bonds is 6. The van der Waals surface area contributed by atoms with Gasteiger partial charge in [0.25, 0.3) is 0 Å². The summed E-state index contributed by atoms with van der Waals surface area (Å²) in [5, 5.41) is 3.52. The van der Waals surface area contributed by atoms with E-state index in [1.165, 1.54) is 0 Å². The zero-order valence-corrected chi connectivity index (χ0v) is 13.6. The van der Waals surface area contributed by atoms with Crippen molar-refractivity contribution in [3.05, 3.63) is 0 Å². The molecule has 2 atom stereocenters. The van der Waals surface area contributed by atoms with E-state index in [-0.39, 0.29) is 6.09 Å². The molecule has 0 aliphatic carbocycles. The fourth-order valence-corrected chi connectivity index (χ4v) is 2.35. The second kappa shape index (κ2) is 7.84. The number of nitrogens with zero attached hydrogens (tertiary/aromatic N) is 1. The van der Waals surface area contributed by atoms with Crippen molar-refractivity contribution in [3.8, 4) is 0 Å². The highest BCUT2D eigenvalue weighted by Crippen LogP contribution is 2.19. The van der Waals surface area contributed by atoms with Crippen LogP contribution in [0.5, 0.6) is 0 Å². The van der Waals surface area contributed by atoms with E-state index < -0.39 is 5.60 Å². The van der Waals surface area contributed by atoms with Crippen molar-refractivity contribution < 1.29 is 14.3 Å². The first-order valence-corrected chi connectivity index (χ1v) is 7.56. The number of carbonyl (C=O) groups is 1. The lowest BCUT2D eigenvalue weighted by Gasteiger charge is -2.24. The van der Waals surface area contributed by atoms with E-state index in [0.717, 1.165) is 39.1 Å². The second-order valence-corrected chi connectivity index (χ2v) is 6.55. The zero-order valence-electron chi connectivity index (χ0n) is 13.6. The number of methoxy groups -OCH3 is 1. The Hall–Kier alpha value is -0.810.